The van der Waals surface area contributed by atoms with Crippen LogP contribution in [-0.4, -0.2) is 13.1 Å². The Morgan fingerprint density at radius 2 is 2.12 bits per heavy atom. The Hall–Kier alpha value is -1.68. The van der Waals surface area contributed by atoms with E-state index in [4.69, 9.17) is 33.4 Å². The minimum Gasteiger partial charge on any atom is -0.454 e. The van der Waals surface area contributed by atoms with Gasteiger partial charge in [-0.1, -0.05) is 35.3 Å². The molecule has 24 heavy (non-hydrogen) atoms. The first kappa shape index (κ1) is 15.8. The van der Waals surface area contributed by atoms with Gasteiger partial charge in [0.2, 0.25) is 0 Å². The van der Waals surface area contributed by atoms with Gasteiger partial charge >= 0.3 is 0 Å². The number of hydrogen-bond acceptors (Lipinski definition) is 3. The lowest BCUT2D eigenvalue weighted by molar-refractivity contribution is 0.461. The molecule has 0 spiro atoms. The molecule has 1 unspecified atom stereocenters. The van der Waals surface area contributed by atoms with Crippen molar-refractivity contribution in [3.8, 4) is 11.3 Å². The molecule has 2 aromatic carbocycles. The van der Waals surface area contributed by atoms with Crippen molar-refractivity contribution < 1.29 is 4.42 Å². The van der Waals surface area contributed by atoms with E-state index in [0.717, 1.165) is 24.1 Å². The van der Waals surface area contributed by atoms with Gasteiger partial charge < -0.3 is 15.5 Å². The number of nitrogens with two attached hydrogens (primary N) is 1. The van der Waals surface area contributed by atoms with E-state index in [2.05, 4.69) is 23.5 Å². The number of furan rings is 1. The number of piperidine rings is 1. The third-order valence-electron chi connectivity index (χ3n) is 4.65. The third-order valence-corrected chi connectivity index (χ3v) is 5.26. The molecule has 0 amide bonds. The van der Waals surface area contributed by atoms with Crippen molar-refractivity contribution in [3.63, 3.8) is 0 Å². The zero-order valence-electron chi connectivity index (χ0n) is 13.0. The molecule has 1 atom stereocenters. The molecule has 3 nitrogen and oxygen atoms in total. The fourth-order valence-electron chi connectivity index (χ4n) is 3.37. The maximum atomic E-state index is 6.30. The summed E-state index contributed by atoms with van der Waals surface area (Å²) in [6.45, 7) is 2.10. The summed E-state index contributed by atoms with van der Waals surface area (Å²) in [5.74, 6) is 1.02. The zero-order chi connectivity index (χ0) is 16.7. The van der Waals surface area contributed by atoms with E-state index in [1.807, 2.05) is 6.07 Å². The van der Waals surface area contributed by atoms with Crippen LogP contribution in [0.5, 0.6) is 0 Å². The smallest absolute Gasteiger partial charge is 0.161 e. The molecule has 1 radical (unpaired) electrons. The number of rotatable bonds is 2. The number of fused-ring (bicyclic) bond motifs is 1. The van der Waals surface area contributed by atoms with Crippen molar-refractivity contribution in [2.45, 2.75) is 18.8 Å². The molecule has 5 heteroatoms. The van der Waals surface area contributed by atoms with Crippen LogP contribution in [0.3, 0.4) is 0 Å². The van der Waals surface area contributed by atoms with Gasteiger partial charge in [0.25, 0.3) is 0 Å². The largest absolute Gasteiger partial charge is 0.454 e. The molecular weight excluding hydrogens is 343 g/mol. The lowest BCUT2D eigenvalue weighted by atomic mass is 9.91. The summed E-state index contributed by atoms with van der Waals surface area (Å²) in [6.07, 6.45) is 2.38. The van der Waals surface area contributed by atoms with Crippen molar-refractivity contribution in [2.24, 2.45) is 0 Å². The van der Waals surface area contributed by atoms with Crippen LogP contribution in [0.1, 0.15) is 24.3 Å². The lowest BCUT2D eigenvalue weighted by Gasteiger charge is -2.22. The maximum Gasteiger partial charge on any atom is 0.161 e. The summed E-state index contributed by atoms with van der Waals surface area (Å²) in [4.78, 5) is 0. The fourth-order valence-corrected chi connectivity index (χ4v) is 3.91. The Kier molecular flexibility index (Phi) is 4.17. The van der Waals surface area contributed by atoms with Crippen LogP contribution in [-0.2, 0) is 0 Å². The normalized spacial score (nSPS) is 18.2. The molecule has 1 saturated heterocycles. The molecule has 4 rings (SSSR count). The van der Waals surface area contributed by atoms with Crippen LogP contribution >= 0.6 is 23.2 Å². The second kappa shape index (κ2) is 6.32. The number of anilines is 1. The Morgan fingerprint density at radius 1 is 1.25 bits per heavy atom. The maximum absolute atomic E-state index is 6.30. The Morgan fingerprint density at radius 3 is 2.88 bits per heavy atom. The molecule has 1 aliphatic heterocycles. The molecule has 3 N–H and O–H groups in total. The van der Waals surface area contributed by atoms with Crippen LogP contribution in [0.4, 0.5) is 5.69 Å². The van der Waals surface area contributed by atoms with Crippen molar-refractivity contribution in [1.82, 2.24) is 5.32 Å². The predicted octanol–water partition coefficient (Wildman–Crippen LogP) is 5.26. The van der Waals surface area contributed by atoms with Crippen LogP contribution in [0.15, 0.2) is 34.7 Å². The highest BCUT2D eigenvalue weighted by atomic mass is 35.5. The summed E-state index contributed by atoms with van der Waals surface area (Å²) in [6, 6.07) is 12.6. The van der Waals surface area contributed by atoms with Crippen molar-refractivity contribution in [3.05, 3.63) is 52.0 Å². The van der Waals surface area contributed by atoms with Gasteiger partial charge in [-0.15, -0.1) is 0 Å². The molecule has 2 heterocycles. The van der Waals surface area contributed by atoms with Crippen LogP contribution in [0.2, 0.25) is 10.0 Å². The van der Waals surface area contributed by atoms with E-state index in [1.165, 1.54) is 18.4 Å². The highest BCUT2D eigenvalue weighted by Gasteiger charge is 2.21. The van der Waals surface area contributed by atoms with E-state index < -0.39 is 0 Å². The minimum atomic E-state index is 0.407. The van der Waals surface area contributed by atoms with Crippen molar-refractivity contribution >= 4 is 39.9 Å². The average Bonchev–Trinajstić information content (AvgIpc) is 2.92. The third kappa shape index (κ3) is 2.67. The zero-order valence-corrected chi connectivity index (χ0v) is 14.5. The first-order chi connectivity index (χ1) is 11.6. The van der Waals surface area contributed by atoms with E-state index in [9.17, 15) is 0 Å². The van der Waals surface area contributed by atoms with E-state index in [-0.39, 0.29) is 0 Å². The highest BCUT2D eigenvalue weighted by Crippen LogP contribution is 2.43. The summed E-state index contributed by atoms with van der Waals surface area (Å²) in [5.41, 5.74) is 9.49. The van der Waals surface area contributed by atoms with Crippen molar-refractivity contribution in [1.29, 1.82) is 0 Å². The molecule has 0 bridgehead atoms. The number of halogens is 2. The summed E-state index contributed by atoms with van der Waals surface area (Å²) in [5, 5.41) is 5.24. The predicted molar refractivity (Wildman–Crippen MR) is 99.8 cm³/mol. The van der Waals surface area contributed by atoms with Gasteiger partial charge in [-0.2, -0.15) is 0 Å². The SMILES string of the molecule is Nc1c(-c2c(Cl)[c]ccc2Cl)oc2cc(C3CCCNC3)ccc12. The first-order valence-corrected chi connectivity index (χ1v) is 8.79. The molecule has 1 aliphatic rings. The first-order valence-electron chi connectivity index (χ1n) is 8.04. The van der Waals surface area contributed by atoms with E-state index in [1.54, 1.807) is 12.1 Å². The topological polar surface area (TPSA) is 51.2 Å². The van der Waals surface area contributed by atoms with Gasteiger partial charge in [-0.3, -0.25) is 0 Å². The van der Waals surface area contributed by atoms with Gasteiger partial charge in [0.1, 0.15) is 5.58 Å². The molecule has 3 aromatic rings. The van der Waals surface area contributed by atoms with E-state index >= 15 is 0 Å². The number of nitrogens with one attached hydrogen (secondary N) is 1. The van der Waals surface area contributed by atoms with E-state index in [0.29, 0.717) is 33.0 Å². The van der Waals surface area contributed by atoms with Gasteiger partial charge in [0, 0.05) is 18.0 Å². The summed E-state index contributed by atoms with van der Waals surface area (Å²) in [7, 11) is 0. The molecule has 0 saturated carbocycles. The lowest BCUT2D eigenvalue weighted by Crippen LogP contribution is -2.28. The Balaban J connectivity index is 1.82. The Labute approximate surface area is 150 Å². The van der Waals surface area contributed by atoms with Crippen LogP contribution in [0, 0.1) is 6.07 Å². The quantitative estimate of drug-likeness (QED) is 0.656. The molecule has 123 valence electrons. The minimum absolute atomic E-state index is 0.407. The monoisotopic (exact) mass is 359 g/mol. The summed E-state index contributed by atoms with van der Waals surface area (Å²) >= 11 is 12.5. The molecule has 1 aromatic heterocycles. The van der Waals surface area contributed by atoms with Crippen LogP contribution < -0.4 is 11.1 Å². The number of hydrogen-bond donors (Lipinski definition) is 2. The summed E-state index contributed by atoms with van der Waals surface area (Å²) < 4.78 is 6.04. The van der Waals surface area contributed by atoms with Crippen molar-refractivity contribution in [2.75, 3.05) is 18.8 Å². The van der Waals surface area contributed by atoms with Gasteiger partial charge in [0.05, 0.1) is 21.3 Å². The Bertz CT molecular complexity index is 878. The second-order valence-corrected chi connectivity index (χ2v) is 6.94. The van der Waals surface area contributed by atoms with Gasteiger partial charge in [0.15, 0.2) is 5.76 Å². The number of nitrogen functional groups attached to an aromatic ring is 1. The van der Waals surface area contributed by atoms with Gasteiger partial charge in [-0.25, -0.2) is 0 Å². The molecule has 1 fully saturated rings. The fraction of sp³-hybridized carbons (Fsp3) is 0.263. The standard InChI is InChI=1S/C19H17Cl2N2O/c20-14-4-1-5-15(21)17(14)19-18(22)13-7-6-11(9-16(13)24-19)12-3-2-8-23-10-12/h1,4,6-7,9,12,23H,2-3,8,10,22H2. The van der Waals surface area contributed by atoms with Crippen LogP contribution in [0.25, 0.3) is 22.3 Å². The average molecular weight is 360 g/mol. The number of benzene rings is 2. The molecular formula is C19H17Cl2N2O. The second-order valence-electron chi connectivity index (χ2n) is 6.16. The van der Waals surface area contributed by atoms with Gasteiger partial charge in [-0.05, 0) is 49.1 Å². The highest BCUT2D eigenvalue weighted by molar-refractivity contribution is 6.39. The molecule has 0 aliphatic carbocycles.